The van der Waals surface area contributed by atoms with Gasteiger partial charge in [0, 0.05) is 17.8 Å². The summed E-state index contributed by atoms with van der Waals surface area (Å²) < 4.78 is 5.25. The zero-order chi connectivity index (χ0) is 21.9. The number of amides is 2. The summed E-state index contributed by atoms with van der Waals surface area (Å²) in [4.78, 5) is 14.7. The lowest BCUT2D eigenvalue weighted by molar-refractivity contribution is 0.252. The lowest BCUT2D eigenvalue weighted by atomic mass is 9.79. The predicted molar refractivity (Wildman–Crippen MR) is 124 cm³/mol. The molecule has 6 heteroatoms. The highest BCUT2D eigenvalue weighted by Gasteiger charge is 2.35. The molecule has 0 aromatic heterocycles. The van der Waals surface area contributed by atoms with Crippen molar-refractivity contribution in [1.82, 2.24) is 5.43 Å². The van der Waals surface area contributed by atoms with Gasteiger partial charge in [-0.2, -0.15) is 5.10 Å². The normalized spacial score (nSPS) is 17.5. The molecule has 2 aromatic rings. The number of carbonyl (C=O) groups excluding carboxylic acids is 1. The molecule has 0 aliphatic carbocycles. The van der Waals surface area contributed by atoms with E-state index in [0.29, 0.717) is 17.4 Å². The molecule has 0 radical (unpaired) electrons. The van der Waals surface area contributed by atoms with E-state index in [1.54, 1.807) is 25.5 Å². The zero-order valence-electron chi connectivity index (χ0n) is 18.7. The largest absolute Gasteiger partial charge is 0.495 e. The van der Waals surface area contributed by atoms with Gasteiger partial charge in [-0.05, 0) is 81.0 Å². The summed E-state index contributed by atoms with van der Waals surface area (Å²) in [7, 11) is 1.57. The second kappa shape index (κ2) is 8.78. The molecular weight excluding hydrogens is 376 g/mol. The number of hydrazone groups is 1. The van der Waals surface area contributed by atoms with Crippen LogP contribution in [0.2, 0.25) is 0 Å². The van der Waals surface area contributed by atoms with Gasteiger partial charge >= 0.3 is 6.03 Å². The van der Waals surface area contributed by atoms with Crippen LogP contribution in [0.3, 0.4) is 0 Å². The number of methoxy groups -OCH3 is 1. The van der Waals surface area contributed by atoms with Gasteiger partial charge in [0.1, 0.15) is 5.75 Å². The quantitative estimate of drug-likeness (QED) is 0.523. The van der Waals surface area contributed by atoms with Gasteiger partial charge in [0.25, 0.3) is 0 Å². The maximum atomic E-state index is 12.2. The average molecular weight is 409 g/mol. The van der Waals surface area contributed by atoms with Crippen LogP contribution in [0.4, 0.5) is 16.2 Å². The number of ether oxygens (including phenoxy) is 1. The Hall–Kier alpha value is -3.02. The van der Waals surface area contributed by atoms with Crippen molar-refractivity contribution >= 4 is 23.6 Å². The summed E-state index contributed by atoms with van der Waals surface area (Å²) in [6, 6.07) is 11.3. The van der Waals surface area contributed by atoms with Crippen LogP contribution in [0, 0.1) is 6.92 Å². The molecule has 160 valence electrons. The molecule has 30 heavy (non-hydrogen) atoms. The molecular formula is C24H32N4O2. The summed E-state index contributed by atoms with van der Waals surface area (Å²) in [5.74, 6) is 1.06. The van der Waals surface area contributed by atoms with E-state index in [9.17, 15) is 4.79 Å². The summed E-state index contributed by atoms with van der Waals surface area (Å²) in [6.07, 6.45) is 2.81. The van der Waals surface area contributed by atoms with Gasteiger partial charge in [-0.1, -0.05) is 19.1 Å². The second-order valence-corrected chi connectivity index (χ2v) is 8.45. The van der Waals surface area contributed by atoms with E-state index in [1.165, 1.54) is 11.3 Å². The number of hydrogen-bond acceptors (Lipinski definition) is 4. The van der Waals surface area contributed by atoms with Crippen LogP contribution in [-0.2, 0) is 0 Å². The fourth-order valence-corrected chi connectivity index (χ4v) is 4.45. The molecule has 0 bridgehead atoms. The van der Waals surface area contributed by atoms with Gasteiger partial charge in [0.15, 0.2) is 0 Å². The van der Waals surface area contributed by atoms with E-state index in [2.05, 4.69) is 67.5 Å². The second-order valence-electron chi connectivity index (χ2n) is 8.45. The number of urea groups is 1. The van der Waals surface area contributed by atoms with E-state index in [0.717, 1.165) is 24.1 Å². The van der Waals surface area contributed by atoms with Crippen LogP contribution in [-0.4, -0.2) is 31.4 Å². The minimum atomic E-state index is -0.418. The van der Waals surface area contributed by atoms with E-state index < -0.39 is 6.03 Å². The van der Waals surface area contributed by atoms with Crippen molar-refractivity contribution in [3.8, 4) is 5.75 Å². The minimum absolute atomic E-state index is 0.140. The maximum Gasteiger partial charge on any atom is 0.339 e. The Balaban J connectivity index is 1.75. The molecule has 3 rings (SSSR count). The number of carbonyl (C=O) groups is 1. The highest BCUT2D eigenvalue weighted by Crippen LogP contribution is 2.43. The molecule has 1 unspecified atom stereocenters. The molecule has 2 N–H and O–H groups in total. The molecule has 1 aliphatic heterocycles. The molecule has 2 aromatic carbocycles. The number of nitrogens with one attached hydrogen (secondary N) is 2. The summed E-state index contributed by atoms with van der Waals surface area (Å²) in [5.41, 5.74) is 8.05. The van der Waals surface area contributed by atoms with Crippen LogP contribution in [0.25, 0.3) is 0 Å². The summed E-state index contributed by atoms with van der Waals surface area (Å²) in [5, 5.41) is 6.90. The third-order valence-corrected chi connectivity index (χ3v) is 5.81. The van der Waals surface area contributed by atoms with Crippen molar-refractivity contribution in [3.63, 3.8) is 0 Å². The number of benzene rings is 2. The van der Waals surface area contributed by atoms with Crippen molar-refractivity contribution in [1.29, 1.82) is 0 Å². The molecule has 1 aliphatic rings. The Morgan fingerprint density at radius 2 is 2.07 bits per heavy atom. The fraction of sp³-hybridized carbons (Fsp3) is 0.417. The molecule has 6 nitrogen and oxygen atoms in total. The standard InChI is InChI=1S/C24H32N4O2/c1-7-28-21-12-16(2)18(13-19(21)17(3)14-24(28,4)5)15-25-27-23(29)26-20-10-8-9-11-22(20)30-6/h8-13,15,17H,7,14H2,1-6H3,(H2,26,27,29)/b25-15+. The van der Waals surface area contributed by atoms with Crippen LogP contribution in [0.1, 0.15) is 56.7 Å². The Labute approximate surface area is 179 Å². The van der Waals surface area contributed by atoms with E-state index >= 15 is 0 Å². The van der Waals surface area contributed by atoms with Gasteiger partial charge in [-0.15, -0.1) is 0 Å². The van der Waals surface area contributed by atoms with Crippen molar-refractivity contribution in [2.75, 3.05) is 23.9 Å². The summed E-state index contributed by atoms with van der Waals surface area (Å²) in [6.45, 7) is 12.2. The Morgan fingerprint density at radius 1 is 1.33 bits per heavy atom. The van der Waals surface area contributed by atoms with Gasteiger partial charge in [0.05, 0.1) is 19.0 Å². The van der Waals surface area contributed by atoms with E-state index in [1.807, 2.05) is 12.1 Å². The van der Waals surface area contributed by atoms with Gasteiger partial charge in [-0.3, -0.25) is 0 Å². The molecule has 1 heterocycles. The predicted octanol–water partition coefficient (Wildman–Crippen LogP) is 5.27. The average Bonchev–Trinajstić information content (AvgIpc) is 2.69. The number of aryl methyl sites for hydroxylation is 1. The minimum Gasteiger partial charge on any atom is -0.495 e. The fourth-order valence-electron chi connectivity index (χ4n) is 4.45. The molecule has 0 saturated carbocycles. The van der Waals surface area contributed by atoms with Crippen LogP contribution < -0.4 is 20.4 Å². The number of nitrogens with zero attached hydrogens (tertiary/aromatic N) is 2. The van der Waals surface area contributed by atoms with Crippen molar-refractivity contribution in [3.05, 3.63) is 53.1 Å². The molecule has 0 fully saturated rings. The third kappa shape index (κ3) is 4.42. The molecule has 0 saturated heterocycles. The number of hydrogen-bond donors (Lipinski definition) is 2. The van der Waals surface area contributed by atoms with Crippen molar-refractivity contribution in [2.24, 2.45) is 5.10 Å². The van der Waals surface area contributed by atoms with Crippen LogP contribution >= 0.6 is 0 Å². The van der Waals surface area contributed by atoms with E-state index in [4.69, 9.17) is 4.74 Å². The Bertz CT molecular complexity index is 952. The molecule has 2 amide bonds. The number of fused-ring (bicyclic) bond motifs is 1. The van der Waals surface area contributed by atoms with E-state index in [-0.39, 0.29) is 5.54 Å². The van der Waals surface area contributed by atoms with Gasteiger partial charge in [0.2, 0.25) is 0 Å². The Kier molecular flexibility index (Phi) is 6.34. The molecule has 1 atom stereocenters. The highest BCUT2D eigenvalue weighted by molar-refractivity contribution is 5.92. The topological polar surface area (TPSA) is 66.0 Å². The maximum absolute atomic E-state index is 12.2. The lowest BCUT2D eigenvalue weighted by Gasteiger charge is -2.47. The number of para-hydroxylation sites is 2. The first kappa shape index (κ1) is 21.7. The van der Waals surface area contributed by atoms with Crippen LogP contribution in [0.15, 0.2) is 41.5 Å². The monoisotopic (exact) mass is 408 g/mol. The van der Waals surface area contributed by atoms with Crippen molar-refractivity contribution in [2.45, 2.75) is 52.5 Å². The first-order chi connectivity index (χ1) is 14.3. The van der Waals surface area contributed by atoms with Gasteiger partial charge < -0.3 is 15.0 Å². The van der Waals surface area contributed by atoms with Gasteiger partial charge in [-0.25, -0.2) is 10.2 Å². The third-order valence-electron chi connectivity index (χ3n) is 5.81. The first-order valence-corrected chi connectivity index (χ1v) is 10.4. The molecule has 0 spiro atoms. The smallest absolute Gasteiger partial charge is 0.339 e. The first-order valence-electron chi connectivity index (χ1n) is 10.4. The van der Waals surface area contributed by atoms with Crippen molar-refractivity contribution < 1.29 is 9.53 Å². The summed E-state index contributed by atoms with van der Waals surface area (Å²) >= 11 is 0. The number of rotatable bonds is 5. The zero-order valence-corrected chi connectivity index (χ0v) is 18.7. The Morgan fingerprint density at radius 3 is 2.77 bits per heavy atom. The highest BCUT2D eigenvalue weighted by atomic mass is 16.5. The lowest BCUT2D eigenvalue weighted by Crippen LogP contribution is -2.48. The number of anilines is 2. The van der Waals surface area contributed by atoms with Crippen LogP contribution in [0.5, 0.6) is 5.75 Å². The SMILES string of the molecule is CCN1c2cc(C)c(/C=N/NC(=O)Nc3ccccc3OC)cc2C(C)CC1(C)C.